The van der Waals surface area contributed by atoms with Gasteiger partial charge in [0.1, 0.15) is 4.60 Å². The topological polar surface area (TPSA) is 39.2 Å². The first-order chi connectivity index (χ1) is 6.09. The summed E-state index contributed by atoms with van der Waals surface area (Å²) >= 11 is 3.18. The number of rotatable bonds is 2. The molecule has 0 amide bonds. The summed E-state index contributed by atoms with van der Waals surface area (Å²) in [4.78, 5) is 15.2. The van der Waals surface area contributed by atoms with Gasteiger partial charge in [-0.3, -0.25) is 0 Å². The van der Waals surface area contributed by atoms with Crippen LogP contribution >= 0.6 is 15.9 Å². The summed E-state index contributed by atoms with van der Waals surface area (Å²) in [6, 6.07) is 3.37. The van der Waals surface area contributed by atoms with Gasteiger partial charge in [0.2, 0.25) is 0 Å². The highest BCUT2D eigenvalue weighted by Crippen LogP contribution is 2.08. The summed E-state index contributed by atoms with van der Waals surface area (Å²) in [5.41, 5.74) is 0.469. The van der Waals surface area contributed by atoms with E-state index in [0.29, 0.717) is 10.2 Å². The molecular weight excluding hydrogens is 234 g/mol. The number of carbonyl (C=O) groups is 1. The maximum atomic E-state index is 11.3. The fourth-order valence-electron chi connectivity index (χ4n) is 0.779. The van der Waals surface area contributed by atoms with Gasteiger partial charge in [0.05, 0.1) is 11.7 Å². The largest absolute Gasteiger partial charge is 0.459 e. The fraction of sp³-hybridized carbons (Fsp3) is 0.333. The average Bonchev–Trinajstić information content (AvgIpc) is 2.04. The molecule has 1 aromatic rings. The van der Waals surface area contributed by atoms with Gasteiger partial charge < -0.3 is 4.74 Å². The van der Waals surface area contributed by atoms with E-state index in [2.05, 4.69) is 20.9 Å². The third kappa shape index (κ3) is 3.14. The van der Waals surface area contributed by atoms with Crippen molar-refractivity contribution in [2.45, 2.75) is 20.0 Å². The van der Waals surface area contributed by atoms with Crippen LogP contribution in [0.2, 0.25) is 0 Å². The highest BCUT2D eigenvalue weighted by atomic mass is 79.9. The summed E-state index contributed by atoms with van der Waals surface area (Å²) in [7, 11) is 0. The van der Waals surface area contributed by atoms with E-state index in [0.717, 1.165) is 0 Å². The summed E-state index contributed by atoms with van der Waals surface area (Å²) in [6.07, 6.45) is 1.38. The van der Waals surface area contributed by atoms with Crippen molar-refractivity contribution in [1.29, 1.82) is 0 Å². The zero-order chi connectivity index (χ0) is 9.84. The molecule has 1 rings (SSSR count). The Labute approximate surface area is 85.3 Å². The van der Waals surface area contributed by atoms with Crippen LogP contribution in [0.5, 0.6) is 0 Å². The van der Waals surface area contributed by atoms with E-state index < -0.39 is 0 Å². The molecule has 0 aliphatic rings. The van der Waals surface area contributed by atoms with Crippen LogP contribution in [0.1, 0.15) is 24.2 Å². The van der Waals surface area contributed by atoms with Gasteiger partial charge in [-0.25, -0.2) is 9.78 Å². The van der Waals surface area contributed by atoms with Crippen LogP contribution in [0.15, 0.2) is 22.9 Å². The number of ether oxygens (including phenoxy) is 1. The highest BCUT2D eigenvalue weighted by Gasteiger charge is 2.08. The molecule has 0 saturated heterocycles. The van der Waals surface area contributed by atoms with Gasteiger partial charge in [-0.1, -0.05) is 0 Å². The maximum absolute atomic E-state index is 11.3. The van der Waals surface area contributed by atoms with E-state index >= 15 is 0 Å². The second kappa shape index (κ2) is 4.37. The number of nitrogens with zero attached hydrogens (tertiary/aromatic N) is 1. The first kappa shape index (κ1) is 10.2. The van der Waals surface area contributed by atoms with Gasteiger partial charge in [-0.05, 0) is 41.9 Å². The minimum absolute atomic E-state index is 0.101. The molecule has 0 aromatic carbocycles. The minimum Gasteiger partial charge on any atom is -0.459 e. The number of pyridine rings is 1. The standard InChI is InChI=1S/C9H10BrNO2/c1-6(2)13-9(12)7-3-4-8(10)11-5-7/h3-6H,1-2H3. The molecule has 0 radical (unpaired) electrons. The van der Waals surface area contributed by atoms with Gasteiger partial charge in [-0.2, -0.15) is 0 Å². The lowest BCUT2D eigenvalue weighted by atomic mass is 10.3. The van der Waals surface area contributed by atoms with Gasteiger partial charge in [-0.15, -0.1) is 0 Å². The predicted octanol–water partition coefficient (Wildman–Crippen LogP) is 2.41. The van der Waals surface area contributed by atoms with Crippen LogP contribution in [0.3, 0.4) is 0 Å². The Morgan fingerprint density at radius 1 is 1.54 bits per heavy atom. The Bertz CT molecular complexity index is 295. The quantitative estimate of drug-likeness (QED) is 0.592. The molecule has 0 aliphatic carbocycles. The highest BCUT2D eigenvalue weighted by molar-refractivity contribution is 9.10. The van der Waals surface area contributed by atoms with Crippen LogP contribution in [0.4, 0.5) is 0 Å². The Hall–Kier alpha value is -0.900. The molecule has 13 heavy (non-hydrogen) atoms. The van der Waals surface area contributed by atoms with E-state index in [1.54, 1.807) is 12.1 Å². The smallest absolute Gasteiger partial charge is 0.339 e. The van der Waals surface area contributed by atoms with Gasteiger partial charge in [0.25, 0.3) is 0 Å². The lowest BCUT2D eigenvalue weighted by Crippen LogP contribution is -2.11. The zero-order valence-electron chi connectivity index (χ0n) is 7.45. The first-order valence-corrected chi connectivity index (χ1v) is 4.71. The summed E-state index contributed by atoms with van der Waals surface area (Å²) in [5, 5.41) is 0. The van der Waals surface area contributed by atoms with Crippen molar-refractivity contribution in [3.63, 3.8) is 0 Å². The number of halogens is 1. The Morgan fingerprint density at radius 3 is 2.69 bits per heavy atom. The van der Waals surface area contributed by atoms with Crippen molar-refractivity contribution in [2.24, 2.45) is 0 Å². The molecule has 0 atom stereocenters. The van der Waals surface area contributed by atoms with Gasteiger partial charge in [0.15, 0.2) is 0 Å². The Kier molecular flexibility index (Phi) is 3.42. The summed E-state index contributed by atoms with van der Waals surface area (Å²) < 4.78 is 5.68. The molecule has 0 spiro atoms. The molecule has 0 N–H and O–H groups in total. The molecule has 70 valence electrons. The van der Waals surface area contributed by atoms with E-state index in [1.807, 2.05) is 13.8 Å². The van der Waals surface area contributed by atoms with Crippen LogP contribution < -0.4 is 0 Å². The molecule has 0 bridgehead atoms. The van der Waals surface area contributed by atoms with E-state index in [9.17, 15) is 4.79 Å². The first-order valence-electron chi connectivity index (χ1n) is 3.92. The predicted molar refractivity (Wildman–Crippen MR) is 52.5 cm³/mol. The fourth-order valence-corrected chi connectivity index (χ4v) is 1.01. The number of carbonyl (C=O) groups excluding carboxylic acids is 1. The van der Waals surface area contributed by atoms with Crippen LogP contribution in [-0.4, -0.2) is 17.1 Å². The molecule has 0 saturated carbocycles. The zero-order valence-corrected chi connectivity index (χ0v) is 9.04. The normalized spacial score (nSPS) is 10.2. The Balaban J connectivity index is 2.72. The van der Waals surface area contributed by atoms with Crippen LogP contribution in [-0.2, 0) is 4.74 Å². The SMILES string of the molecule is CC(C)OC(=O)c1ccc(Br)nc1. The molecule has 3 nitrogen and oxygen atoms in total. The van der Waals surface area contributed by atoms with Crippen LogP contribution in [0, 0.1) is 0 Å². The van der Waals surface area contributed by atoms with Gasteiger partial charge >= 0.3 is 5.97 Å². The number of esters is 1. The molecular formula is C9H10BrNO2. The molecule has 0 fully saturated rings. The van der Waals surface area contributed by atoms with Crippen molar-refractivity contribution in [3.05, 3.63) is 28.5 Å². The van der Waals surface area contributed by atoms with Crippen molar-refractivity contribution < 1.29 is 9.53 Å². The lowest BCUT2D eigenvalue weighted by Gasteiger charge is -2.06. The second-order valence-electron chi connectivity index (χ2n) is 2.82. The average molecular weight is 244 g/mol. The van der Waals surface area contributed by atoms with E-state index in [-0.39, 0.29) is 12.1 Å². The van der Waals surface area contributed by atoms with Crippen molar-refractivity contribution >= 4 is 21.9 Å². The summed E-state index contributed by atoms with van der Waals surface area (Å²) in [5.74, 6) is -0.338. The van der Waals surface area contributed by atoms with Crippen molar-refractivity contribution in [3.8, 4) is 0 Å². The van der Waals surface area contributed by atoms with Crippen molar-refractivity contribution in [1.82, 2.24) is 4.98 Å². The second-order valence-corrected chi connectivity index (χ2v) is 3.64. The van der Waals surface area contributed by atoms with Gasteiger partial charge in [0, 0.05) is 6.20 Å². The summed E-state index contributed by atoms with van der Waals surface area (Å²) in [6.45, 7) is 3.62. The van der Waals surface area contributed by atoms with Crippen molar-refractivity contribution in [2.75, 3.05) is 0 Å². The number of hydrogen-bond acceptors (Lipinski definition) is 3. The minimum atomic E-state index is -0.338. The number of hydrogen-bond donors (Lipinski definition) is 0. The maximum Gasteiger partial charge on any atom is 0.339 e. The molecule has 0 aliphatic heterocycles. The van der Waals surface area contributed by atoms with Crippen LogP contribution in [0.25, 0.3) is 0 Å². The Morgan fingerprint density at radius 2 is 2.23 bits per heavy atom. The van der Waals surface area contributed by atoms with E-state index in [1.165, 1.54) is 6.20 Å². The lowest BCUT2D eigenvalue weighted by molar-refractivity contribution is 0.0377. The third-order valence-electron chi connectivity index (χ3n) is 1.31. The molecule has 1 aromatic heterocycles. The monoisotopic (exact) mass is 243 g/mol. The molecule has 4 heteroatoms. The number of aromatic nitrogens is 1. The third-order valence-corrected chi connectivity index (χ3v) is 1.77. The molecule has 1 heterocycles. The molecule has 0 unspecified atom stereocenters. The van der Waals surface area contributed by atoms with E-state index in [4.69, 9.17) is 4.74 Å².